The van der Waals surface area contributed by atoms with Crippen LogP contribution in [0.3, 0.4) is 0 Å². The van der Waals surface area contributed by atoms with E-state index < -0.39 is 0 Å². The van der Waals surface area contributed by atoms with Crippen LogP contribution in [-0.4, -0.2) is 48.2 Å². The SMILES string of the molecule is CC(C)(C)C(=O)N1CCC(=NOCC(=O)NC2CCCCC2)CC1. The van der Waals surface area contributed by atoms with Crippen molar-refractivity contribution in [2.45, 2.75) is 71.8 Å². The highest BCUT2D eigenvalue weighted by atomic mass is 16.6. The Bertz CT molecular complexity index is 466. The third-order valence-electron chi connectivity index (χ3n) is 4.63. The van der Waals surface area contributed by atoms with Crippen molar-refractivity contribution in [3.8, 4) is 0 Å². The fourth-order valence-corrected chi connectivity index (χ4v) is 3.23. The maximum atomic E-state index is 12.2. The summed E-state index contributed by atoms with van der Waals surface area (Å²) in [5, 5.41) is 7.10. The number of amides is 2. The van der Waals surface area contributed by atoms with E-state index in [1.54, 1.807) is 0 Å². The van der Waals surface area contributed by atoms with E-state index in [0.717, 1.165) is 18.6 Å². The largest absolute Gasteiger partial charge is 0.386 e. The topological polar surface area (TPSA) is 71.0 Å². The lowest BCUT2D eigenvalue weighted by Crippen LogP contribution is -2.44. The van der Waals surface area contributed by atoms with Gasteiger partial charge in [-0.2, -0.15) is 0 Å². The van der Waals surface area contributed by atoms with Gasteiger partial charge < -0.3 is 15.1 Å². The predicted octanol–water partition coefficient (Wildman–Crippen LogP) is 2.48. The second-order valence-corrected chi connectivity index (χ2v) is 7.88. The summed E-state index contributed by atoms with van der Waals surface area (Å²) in [7, 11) is 0. The summed E-state index contributed by atoms with van der Waals surface area (Å²) < 4.78 is 0. The molecule has 0 aromatic carbocycles. The number of carbonyl (C=O) groups is 2. The van der Waals surface area contributed by atoms with Crippen LogP contribution in [-0.2, 0) is 14.4 Å². The molecule has 0 aromatic rings. The zero-order chi connectivity index (χ0) is 17.6. The minimum Gasteiger partial charge on any atom is -0.386 e. The molecular formula is C18H31N3O3. The number of rotatable bonds is 4. The van der Waals surface area contributed by atoms with E-state index in [1.165, 1.54) is 19.3 Å². The lowest BCUT2D eigenvalue weighted by atomic mass is 9.93. The van der Waals surface area contributed by atoms with Crippen molar-refractivity contribution >= 4 is 17.5 Å². The van der Waals surface area contributed by atoms with Crippen molar-refractivity contribution in [3.63, 3.8) is 0 Å². The molecule has 0 aromatic heterocycles. The maximum absolute atomic E-state index is 12.2. The first kappa shape index (κ1) is 18.7. The van der Waals surface area contributed by atoms with Gasteiger partial charge in [-0.25, -0.2) is 0 Å². The lowest BCUT2D eigenvalue weighted by Gasteiger charge is -2.32. The highest BCUT2D eigenvalue weighted by Gasteiger charge is 2.29. The summed E-state index contributed by atoms with van der Waals surface area (Å²) in [6.45, 7) is 7.14. The fourth-order valence-electron chi connectivity index (χ4n) is 3.23. The fraction of sp³-hybridized carbons (Fsp3) is 0.833. The zero-order valence-electron chi connectivity index (χ0n) is 15.3. The summed E-state index contributed by atoms with van der Waals surface area (Å²) in [6.07, 6.45) is 7.22. The summed E-state index contributed by atoms with van der Waals surface area (Å²) in [4.78, 5) is 31.2. The van der Waals surface area contributed by atoms with E-state index in [-0.39, 0.29) is 23.8 Å². The van der Waals surface area contributed by atoms with Gasteiger partial charge in [-0.15, -0.1) is 0 Å². The molecular weight excluding hydrogens is 306 g/mol. The third kappa shape index (κ3) is 5.80. The zero-order valence-corrected chi connectivity index (χ0v) is 15.3. The van der Waals surface area contributed by atoms with E-state index >= 15 is 0 Å². The highest BCUT2D eigenvalue weighted by molar-refractivity contribution is 5.88. The van der Waals surface area contributed by atoms with Gasteiger partial charge in [0.1, 0.15) is 0 Å². The molecule has 0 spiro atoms. The van der Waals surface area contributed by atoms with Crippen LogP contribution in [0.5, 0.6) is 0 Å². The molecule has 2 rings (SSSR count). The molecule has 2 amide bonds. The quantitative estimate of drug-likeness (QED) is 0.801. The van der Waals surface area contributed by atoms with Gasteiger partial charge in [0.05, 0.1) is 5.71 Å². The number of nitrogens with zero attached hydrogens (tertiary/aromatic N) is 2. The van der Waals surface area contributed by atoms with Gasteiger partial charge in [-0.3, -0.25) is 9.59 Å². The van der Waals surface area contributed by atoms with E-state index in [2.05, 4.69) is 10.5 Å². The minimum absolute atomic E-state index is 0.0232. The van der Waals surface area contributed by atoms with Crippen LogP contribution in [0.15, 0.2) is 5.16 Å². The third-order valence-corrected chi connectivity index (χ3v) is 4.63. The van der Waals surface area contributed by atoms with Crippen LogP contribution < -0.4 is 5.32 Å². The summed E-state index contributed by atoms with van der Waals surface area (Å²) in [6, 6.07) is 0.300. The molecule has 1 saturated heterocycles. The van der Waals surface area contributed by atoms with Crippen molar-refractivity contribution in [3.05, 3.63) is 0 Å². The van der Waals surface area contributed by atoms with Crippen molar-refractivity contribution < 1.29 is 14.4 Å². The number of nitrogens with one attached hydrogen (secondary N) is 1. The number of hydrogen-bond donors (Lipinski definition) is 1. The van der Waals surface area contributed by atoms with Gasteiger partial charge in [-0.05, 0) is 12.8 Å². The first-order valence-electron chi connectivity index (χ1n) is 9.12. The number of likely N-dealkylation sites (tertiary alicyclic amines) is 1. The van der Waals surface area contributed by atoms with Gasteiger partial charge in [0.15, 0.2) is 6.61 Å². The molecule has 0 atom stereocenters. The molecule has 6 heteroatoms. The second kappa shape index (κ2) is 8.49. The Morgan fingerprint density at radius 1 is 1.17 bits per heavy atom. The molecule has 0 radical (unpaired) electrons. The van der Waals surface area contributed by atoms with E-state index in [0.29, 0.717) is 32.0 Å². The minimum atomic E-state index is -0.345. The summed E-state index contributed by atoms with van der Waals surface area (Å²) in [5.74, 6) is 0.0842. The molecule has 1 aliphatic heterocycles. The molecule has 2 fully saturated rings. The maximum Gasteiger partial charge on any atom is 0.260 e. The molecule has 2 aliphatic rings. The average Bonchev–Trinajstić information content (AvgIpc) is 2.55. The number of carbonyl (C=O) groups excluding carboxylic acids is 2. The lowest BCUT2D eigenvalue weighted by molar-refractivity contribution is -0.139. The van der Waals surface area contributed by atoms with Gasteiger partial charge in [0.2, 0.25) is 5.91 Å². The normalized spacial score (nSPS) is 19.8. The number of oxime groups is 1. The Morgan fingerprint density at radius 2 is 1.79 bits per heavy atom. The van der Waals surface area contributed by atoms with E-state index in [4.69, 9.17) is 4.84 Å². The molecule has 1 saturated carbocycles. The first-order valence-corrected chi connectivity index (χ1v) is 9.12. The van der Waals surface area contributed by atoms with Crippen molar-refractivity contribution in [2.24, 2.45) is 10.6 Å². The van der Waals surface area contributed by atoms with E-state index in [1.807, 2.05) is 25.7 Å². The Hall–Kier alpha value is -1.59. The summed E-state index contributed by atoms with van der Waals surface area (Å²) in [5.41, 5.74) is 0.584. The molecule has 6 nitrogen and oxygen atoms in total. The number of piperidine rings is 1. The van der Waals surface area contributed by atoms with Crippen LogP contribution >= 0.6 is 0 Å². The molecule has 24 heavy (non-hydrogen) atoms. The summed E-state index contributed by atoms with van der Waals surface area (Å²) >= 11 is 0. The van der Waals surface area contributed by atoms with Gasteiger partial charge in [0, 0.05) is 37.4 Å². The molecule has 1 N–H and O–H groups in total. The Kier molecular flexibility index (Phi) is 6.63. The predicted molar refractivity (Wildman–Crippen MR) is 93.7 cm³/mol. The monoisotopic (exact) mass is 337 g/mol. The van der Waals surface area contributed by atoms with Crippen LogP contribution in [0.1, 0.15) is 65.7 Å². The van der Waals surface area contributed by atoms with Crippen LogP contribution in [0.4, 0.5) is 0 Å². The molecule has 1 aliphatic carbocycles. The van der Waals surface area contributed by atoms with E-state index in [9.17, 15) is 9.59 Å². The van der Waals surface area contributed by atoms with Gasteiger partial charge in [-0.1, -0.05) is 45.2 Å². The molecule has 0 bridgehead atoms. The Labute approximate surface area is 145 Å². The van der Waals surface area contributed by atoms with Gasteiger partial charge >= 0.3 is 0 Å². The average molecular weight is 337 g/mol. The smallest absolute Gasteiger partial charge is 0.260 e. The highest BCUT2D eigenvalue weighted by Crippen LogP contribution is 2.20. The molecule has 1 heterocycles. The van der Waals surface area contributed by atoms with Crippen LogP contribution in [0.2, 0.25) is 0 Å². The Morgan fingerprint density at radius 3 is 2.38 bits per heavy atom. The first-order chi connectivity index (χ1) is 11.4. The standard InChI is InChI=1S/C18H31N3O3/c1-18(2,3)17(23)21-11-9-15(10-12-21)20-24-13-16(22)19-14-7-5-4-6-8-14/h14H,4-13H2,1-3H3,(H,19,22). The Balaban J connectivity index is 1.67. The van der Waals surface area contributed by atoms with Crippen LogP contribution in [0.25, 0.3) is 0 Å². The van der Waals surface area contributed by atoms with Crippen molar-refractivity contribution in [2.75, 3.05) is 19.7 Å². The van der Waals surface area contributed by atoms with Crippen LogP contribution in [0, 0.1) is 5.41 Å². The molecule has 136 valence electrons. The van der Waals surface area contributed by atoms with Crippen molar-refractivity contribution in [1.82, 2.24) is 10.2 Å². The number of hydrogen-bond acceptors (Lipinski definition) is 4. The van der Waals surface area contributed by atoms with Gasteiger partial charge in [0.25, 0.3) is 5.91 Å². The second-order valence-electron chi connectivity index (χ2n) is 7.88. The molecule has 0 unspecified atom stereocenters. The van der Waals surface area contributed by atoms with Crippen molar-refractivity contribution in [1.29, 1.82) is 0 Å².